The van der Waals surface area contributed by atoms with Crippen molar-refractivity contribution in [3.8, 4) is 0 Å². The third-order valence-electron chi connectivity index (χ3n) is 3.00. The average molecular weight is 221 g/mol. The van der Waals surface area contributed by atoms with Gasteiger partial charge in [0.25, 0.3) is 0 Å². The monoisotopic (exact) mass is 221 g/mol. The van der Waals surface area contributed by atoms with E-state index in [1.54, 1.807) is 7.11 Å². The maximum atomic E-state index is 5.57. The van der Waals surface area contributed by atoms with Crippen molar-refractivity contribution in [2.75, 3.05) is 14.2 Å². The van der Waals surface area contributed by atoms with Crippen molar-refractivity contribution in [1.29, 1.82) is 0 Å². The lowest BCUT2D eigenvalue weighted by Gasteiger charge is -2.26. The van der Waals surface area contributed by atoms with Crippen molar-refractivity contribution < 1.29 is 4.74 Å². The van der Waals surface area contributed by atoms with Crippen LogP contribution in [0.4, 0.5) is 0 Å². The highest BCUT2D eigenvalue weighted by Gasteiger charge is 2.20. The Morgan fingerprint density at radius 2 is 1.88 bits per heavy atom. The van der Waals surface area contributed by atoms with Crippen molar-refractivity contribution >= 4 is 0 Å². The molecule has 0 saturated heterocycles. The Hall–Kier alpha value is -0.860. The van der Waals surface area contributed by atoms with Crippen molar-refractivity contribution in [3.63, 3.8) is 0 Å². The zero-order valence-corrected chi connectivity index (χ0v) is 10.8. The molecule has 2 unspecified atom stereocenters. The van der Waals surface area contributed by atoms with Crippen LogP contribution in [0.5, 0.6) is 0 Å². The number of hydrogen-bond donors (Lipinski definition) is 1. The van der Waals surface area contributed by atoms with Crippen molar-refractivity contribution in [1.82, 2.24) is 5.32 Å². The maximum Gasteiger partial charge on any atom is 0.0765 e. The van der Waals surface area contributed by atoms with Gasteiger partial charge in [-0.25, -0.2) is 0 Å². The summed E-state index contributed by atoms with van der Waals surface area (Å²) in [6.45, 7) is 4.30. The van der Waals surface area contributed by atoms with E-state index in [0.717, 1.165) is 12.8 Å². The molecule has 0 aliphatic carbocycles. The Morgan fingerprint density at radius 3 is 2.31 bits per heavy atom. The lowest BCUT2D eigenvalue weighted by Crippen LogP contribution is -2.30. The van der Waals surface area contributed by atoms with Gasteiger partial charge in [-0.2, -0.15) is 0 Å². The minimum atomic E-state index is 0.248. The zero-order valence-electron chi connectivity index (χ0n) is 10.8. The fraction of sp³-hybridized carbons (Fsp3) is 0.571. The van der Waals surface area contributed by atoms with Gasteiger partial charge in [-0.05, 0) is 26.0 Å². The van der Waals surface area contributed by atoms with Crippen LogP contribution in [0.3, 0.4) is 0 Å². The number of hydrogen-bond acceptors (Lipinski definition) is 2. The maximum absolute atomic E-state index is 5.57. The second kappa shape index (κ2) is 6.66. The molecule has 1 N–H and O–H groups in total. The van der Waals surface area contributed by atoms with Crippen LogP contribution < -0.4 is 5.32 Å². The molecule has 2 atom stereocenters. The summed E-state index contributed by atoms with van der Waals surface area (Å²) in [6, 6.07) is 8.94. The molecular formula is C14H23NO. The zero-order chi connectivity index (χ0) is 12.0. The van der Waals surface area contributed by atoms with E-state index in [0.29, 0.717) is 0 Å². The van der Waals surface area contributed by atoms with Crippen LogP contribution in [0, 0.1) is 6.92 Å². The largest absolute Gasteiger partial charge is 0.379 e. The van der Waals surface area contributed by atoms with E-state index in [-0.39, 0.29) is 12.1 Å². The highest BCUT2D eigenvalue weighted by molar-refractivity contribution is 5.24. The third kappa shape index (κ3) is 3.32. The first kappa shape index (κ1) is 13.2. The summed E-state index contributed by atoms with van der Waals surface area (Å²) in [5.41, 5.74) is 2.59. The SMILES string of the molecule is CCCC(OC)C(NC)c1ccc(C)cc1. The Balaban J connectivity index is 2.83. The molecule has 90 valence electrons. The van der Waals surface area contributed by atoms with Gasteiger partial charge in [-0.15, -0.1) is 0 Å². The van der Waals surface area contributed by atoms with E-state index in [9.17, 15) is 0 Å². The first-order chi connectivity index (χ1) is 7.72. The summed E-state index contributed by atoms with van der Waals surface area (Å²) in [5.74, 6) is 0. The second-order valence-corrected chi connectivity index (χ2v) is 4.24. The smallest absolute Gasteiger partial charge is 0.0765 e. The van der Waals surface area contributed by atoms with Gasteiger partial charge in [-0.3, -0.25) is 0 Å². The molecule has 1 rings (SSSR count). The number of nitrogens with one attached hydrogen (secondary N) is 1. The van der Waals surface area contributed by atoms with E-state index in [2.05, 4.69) is 43.4 Å². The molecule has 0 radical (unpaired) electrons. The number of benzene rings is 1. The van der Waals surface area contributed by atoms with Crippen LogP contribution in [-0.2, 0) is 4.74 Å². The number of rotatable bonds is 6. The van der Waals surface area contributed by atoms with Crippen LogP contribution in [0.25, 0.3) is 0 Å². The number of ether oxygens (including phenoxy) is 1. The average Bonchev–Trinajstić information content (AvgIpc) is 2.31. The van der Waals surface area contributed by atoms with E-state index >= 15 is 0 Å². The quantitative estimate of drug-likeness (QED) is 0.797. The van der Waals surface area contributed by atoms with Crippen molar-refractivity contribution in [2.24, 2.45) is 0 Å². The molecule has 1 aromatic carbocycles. The van der Waals surface area contributed by atoms with Crippen LogP contribution in [0.2, 0.25) is 0 Å². The van der Waals surface area contributed by atoms with Gasteiger partial charge in [0.05, 0.1) is 12.1 Å². The van der Waals surface area contributed by atoms with Gasteiger partial charge in [0, 0.05) is 7.11 Å². The molecule has 0 bridgehead atoms. The summed E-state index contributed by atoms with van der Waals surface area (Å²) in [7, 11) is 3.78. The van der Waals surface area contributed by atoms with Crippen LogP contribution in [-0.4, -0.2) is 20.3 Å². The van der Waals surface area contributed by atoms with Gasteiger partial charge >= 0.3 is 0 Å². The Labute approximate surface area is 99.0 Å². The molecule has 0 saturated carbocycles. The summed E-state index contributed by atoms with van der Waals surface area (Å²) >= 11 is 0. The molecule has 0 heterocycles. The van der Waals surface area contributed by atoms with E-state index in [1.165, 1.54) is 11.1 Å². The molecule has 1 aromatic rings. The van der Waals surface area contributed by atoms with E-state index in [1.807, 2.05) is 7.05 Å². The van der Waals surface area contributed by atoms with E-state index in [4.69, 9.17) is 4.74 Å². The number of aryl methyl sites for hydroxylation is 1. The summed E-state index contributed by atoms with van der Waals surface area (Å²) < 4.78 is 5.57. The Morgan fingerprint density at radius 1 is 1.25 bits per heavy atom. The molecule has 0 aromatic heterocycles. The summed E-state index contributed by atoms with van der Waals surface area (Å²) in [4.78, 5) is 0. The first-order valence-electron chi connectivity index (χ1n) is 5.99. The second-order valence-electron chi connectivity index (χ2n) is 4.24. The standard InChI is InChI=1S/C14H23NO/c1-5-6-13(16-4)14(15-3)12-9-7-11(2)8-10-12/h7-10,13-15H,5-6H2,1-4H3. The van der Waals surface area contributed by atoms with E-state index < -0.39 is 0 Å². The molecule has 0 fully saturated rings. The molecule has 2 nitrogen and oxygen atoms in total. The molecule has 16 heavy (non-hydrogen) atoms. The number of methoxy groups -OCH3 is 1. The topological polar surface area (TPSA) is 21.3 Å². The summed E-state index contributed by atoms with van der Waals surface area (Å²) in [5, 5.41) is 3.35. The predicted octanol–water partition coefficient (Wildman–Crippen LogP) is 3.07. The Kier molecular flexibility index (Phi) is 5.50. The van der Waals surface area contributed by atoms with Crippen LogP contribution in [0.1, 0.15) is 36.9 Å². The minimum Gasteiger partial charge on any atom is -0.379 e. The molecule has 2 heteroatoms. The van der Waals surface area contributed by atoms with Gasteiger partial charge in [-0.1, -0.05) is 43.2 Å². The van der Waals surface area contributed by atoms with Crippen LogP contribution >= 0.6 is 0 Å². The van der Waals surface area contributed by atoms with Gasteiger partial charge in [0.2, 0.25) is 0 Å². The van der Waals surface area contributed by atoms with Gasteiger partial charge < -0.3 is 10.1 Å². The van der Waals surface area contributed by atoms with Crippen molar-refractivity contribution in [3.05, 3.63) is 35.4 Å². The minimum absolute atomic E-state index is 0.248. The molecule has 0 amide bonds. The molecule has 0 aliphatic rings. The third-order valence-corrected chi connectivity index (χ3v) is 3.00. The summed E-state index contributed by atoms with van der Waals surface area (Å²) in [6.07, 6.45) is 2.47. The van der Waals surface area contributed by atoms with Gasteiger partial charge in [0.1, 0.15) is 0 Å². The fourth-order valence-electron chi connectivity index (χ4n) is 2.05. The normalized spacial score (nSPS) is 14.8. The Bertz CT molecular complexity index is 294. The van der Waals surface area contributed by atoms with Gasteiger partial charge in [0.15, 0.2) is 0 Å². The first-order valence-corrected chi connectivity index (χ1v) is 5.99. The lowest BCUT2D eigenvalue weighted by molar-refractivity contribution is 0.0630. The number of likely N-dealkylation sites (N-methyl/N-ethyl adjacent to an activating group) is 1. The fourth-order valence-corrected chi connectivity index (χ4v) is 2.05. The lowest BCUT2D eigenvalue weighted by atomic mass is 9.97. The molecule has 0 spiro atoms. The molecular weight excluding hydrogens is 198 g/mol. The highest BCUT2D eigenvalue weighted by atomic mass is 16.5. The predicted molar refractivity (Wildman–Crippen MR) is 68.7 cm³/mol. The molecule has 0 aliphatic heterocycles. The van der Waals surface area contributed by atoms with Crippen molar-refractivity contribution in [2.45, 2.75) is 38.8 Å². The highest BCUT2D eigenvalue weighted by Crippen LogP contribution is 2.22. The van der Waals surface area contributed by atoms with Crippen LogP contribution in [0.15, 0.2) is 24.3 Å².